The van der Waals surface area contributed by atoms with Gasteiger partial charge in [-0.15, -0.1) is 0 Å². The molecule has 0 saturated heterocycles. The molecule has 1 atom stereocenters. The Hall–Kier alpha value is -2.31. The Morgan fingerprint density at radius 1 is 1.04 bits per heavy atom. The maximum absolute atomic E-state index is 12.3. The van der Waals surface area contributed by atoms with E-state index in [4.69, 9.17) is 9.63 Å². The quantitative estimate of drug-likeness (QED) is 0.745. The molecule has 24 heavy (non-hydrogen) atoms. The highest BCUT2D eigenvalue weighted by Gasteiger charge is 2.13. The van der Waals surface area contributed by atoms with Crippen molar-refractivity contribution in [3.8, 4) is 11.5 Å². The van der Waals surface area contributed by atoms with Crippen molar-refractivity contribution in [1.82, 2.24) is 10.1 Å². The first-order valence-corrected chi connectivity index (χ1v) is 9.07. The first kappa shape index (κ1) is 16.5. The number of hydrogen-bond acceptors (Lipinski definition) is 5. The Kier molecular flexibility index (Phi) is 5.17. The van der Waals surface area contributed by atoms with Crippen LogP contribution in [0.3, 0.4) is 0 Å². The summed E-state index contributed by atoms with van der Waals surface area (Å²) in [5.74, 6) is 1.56. The van der Waals surface area contributed by atoms with Crippen LogP contribution in [-0.2, 0) is 28.9 Å². The standard InChI is InChI=1S/C18H18N2O3S/c1-13-4-2-3-5-16(13)18-19-17(20-23-18)12-24(22)11-15-8-6-14(10-21)7-9-15/h2-9,21H,10-12H2,1H3. The lowest BCUT2D eigenvalue weighted by Gasteiger charge is -2.02. The van der Waals surface area contributed by atoms with Gasteiger partial charge in [0.15, 0.2) is 5.82 Å². The molecule has 1 N–H and O–H groups in total. The van der Waals surface area contributed by atoms with Crippen LogP contribution in [-0.4, -0.2) is 19.5 Å². The van der Waals surface area contributed by atoms with Gasteiger partial charge in [-0.1, -0.05) is 47.6 Å². The zero-order valence-corrected chi connectivity index (χ0v) is 14.1. The Labute approximate surface area is 142 Å². The zero-order chi connectivity index (χ0) is 16.9. The van der Waals surface area contributed by atoms with Gasteiger partial charge >= 0.3 is 0 Å². The first-order chi connectivity index (χ1) is 11.7. The molecule has 0 aliphatic heterocycles. The van der Waals surface area contributed by atoms with E-state index in [0.717, 1.165) is 22.3 Å². The summed E-state index contributed by atoms with van der Waals surface area (Å²) in [6, 6.07) is 15.2. The molecule has 124 valence electrons. The van der Waals surface area contributed by atoms with Gasteiger partial charge in [-0.05, 0) is 29.7 Å². The molecule has 0 radical (unpaired) electrons. The van der Waals surface area contributed by atoms with Crippen LogP contribution in [0.4, 0.5) is 0 Å². The second-order valence-corrected chi connectivity index (χ2v) is 6.99. The molecule has 6 heteroatoms. The monoisotopic (exact) mass is 342 g/mol. The van der Waals surface area contributed by atoms with Crippen LogP contribution >= 0.6 is 0 Å². The summed E-state index contributed by atoms with van der Waals surface area (Å²) in [6.45, 7) is 1.99. The molecular formula is C18H18N2O3S. The summed E-state index contributed by atoms with van der Waals surface area (Å²) in [4.78, 5) is 4.35. The van der Waals surface area contributed by atoms with E-state index in [1.54, 1.807) is 0 Å². The minimum atomic E-state index is -1.13. The number of aromatic nitrogens is 2. The van der Waals surface area contributed by atoms with Gasteiger partial charge in [0, 0.05) is 22.1 Å². The summed E-state index contributed by atoms with van der Waals surface area (Å²) in [5, 5.41) is 13.0. The van der Waals surface area contributed by atoms with Crippen molar-refractivity contribution in [3.63, 3.8) is 0 Å². The zero-order valence-electron chi connectivity index (χ0n) is 13.3. The molecular weight excluding hydrogens is 324 g/mol. The Balaban J connectivity index is 1.66. The van der Waals surface area contributed by atoms with Crippen molar-refractivity contribution in [1.29, 1.82) is 0 Å². The fourth-order valence-corrected chi connectivity index (χ4v) is 3.43. The first-order valence-electron chi connectivity index (χ1n) is 7.58. The van der Waals surface area contributed by atoms with Gasteiger partial charge in [0.1, 0.15) is 0 Å². The minimum Gasteiger partial charge on any atom is -0.392 e. The van der Waals surface area contributed by atoms with E-state index in [1.807, 2.05) is 55.5 Å². The lowest BCUT2D eigenvalue weighted by Crippen LogP contribution is -2.01. The van der Waals surface area contributed by atoms with Gasteiger partial charge in [0.2, 0.25) is 0 Å². The molecule has 3 rings (SSSR count). The fourth-order valence-electron chi connectivity index (χ4n) is 2.36. The third kappa shape index (κ3) is 3.96. The van der Waals surface area contributed by atoms with E-state index < -0.39 is 10.8 Å². The highest BCUT2D eigenvalue weighted by atomic mass is 32.2. The number of rotatable bonds is 6. The number of aliphatic hydroxyl groups is 1. The van der Waals surface area contributed by atoms with Crippen molar-refractivity contribution < 1.29 is 13.8 Å². The number of aliphatic hydroxyl groups excluding tert-OH is 1. The predicted octanol–water partition coefficient (Wildman–Crippen LogP) is 2.99. The van der Waals surface area contributed by atoms with Crippen LogP contribution in [0.1, 0.15) is 22.5 Å². The molecule has 0 aliphatic rings. The molecule has 0 saturated carbocycles. The van der Waals surface area contributed by atoms with Crippen LogP contribution in [0.2, 0.25) is 0 Å². The second kappa shape index (κ2) is 7.51. The average molecular weight is 342 g/mol. The van der Waals surface area contributed by atoms with Gasteiger partial charge in [-0.3, -0.25) is 4.21 Å². The van der Waals surface area contributed by atoms with Gasteiger partial charge in [0.25, 0.3) is 5.89 Å². The number of benzene rings is 2. The second-order valence-electron chi connectivity index (χ2n) is 5.53. The molecule has 2 aromatic carbocycles. The van der Waals surface area contributed by atoms with Gasteiger partial charge in [0.05, 0.1) is 12.4 Å². The normalized spacial score (nSPS) is 12.2. The summed E-state index contributed by atoms with van der Waals surface area (Å²) >= 11 is 0. The van der Waals surface area contributed by atoms with E-state index in [2.05, 4.69) is 10.1 Å². The van der Waals surface area contributed by atoms with Crippen molar-refractivity contribution in [2.45, 2.75) is 25.0 Å². The maximum Gasteiger partial charge on any atom is 0.258 e. The van der Waals surface area contributed by atoms with Gasteiger partial charge < -0.3 is 9.63 Å². The van der Waals surface area contributed by atoms with Gasteiger partial charge in [-0.2, -0.15) is 4.98 Å². The SMILES string of the molecule is Cc1ccccc1-c1nc(CS(=O)Cc2ccc(CO)cc2)no1. The predicted molar refractivity (Wildman–Crippen MR) is 92.4 cm³/mol. The molecule has 5 nitrogen and oxygen atoms in total. The van der Waals surface area contributed by atoms with Crippen molar-refractivity contribution in [2.24, 2.45) is 0 Å². The Bertz CT molecular complexity index is 843. The Morgan fingerprint density at radius 3 is 2.46 bits per heavy atom. The van der Waals surface area contributed by atoms with Gasteiger partial charge in [-0.25, -0.2) is 0 Å². The fraction of sp³-hybridized carbons (Fsp3) is 0.222. The molecule has 1 aromatic heterocycles. The third-order valence-corrected chi connectivity index (χ3v) is 4.90. The summed E-state index contributed by atoms with van der Waals surface area (Å²) in [6.07, 6.45) is 0. The number of nitrogens with zero attached hydrogens (tertiary/aromatic N) is 2. The van der Waals surface area contributed by atoms with E-state index >= 15 is 0 Å². The molecule has 0 amide bonds. The molecule has 0 spiro atoms. The Morgan fingerprint density at radius 2 is 1.75 bits per heavy atom. The van der Waals surface area contributed by atoms with Crippen LogP contribution < -0.4 is 0 Å². The van der Waals surface area contributed by atoms with E-state index in [9.17, 15) is 4.21 Å². The van der Waals surface area contributed by atoms with Crippen molar-refractivity contribution in [2.75, 3.05) is 0 Å². The van der Waals surface area contributed by atoms with Crippen LogP contribution in [0.5, 0.6) is 0 Å². The number of hydrogen-bond donors (Lipinski definition) is 1. The van der Waals surface area contributed by atoms with E-state index in [0.29, 0.717) is 17.5 Å². The van der Waals surface area contributed by atoms with E-state index in [1.165, 1.54) is 0 Å². The lowest BCUT2D eigenvalue weighted by atomic mass is 10.1. The summed E-state index contributed by atoms with van der Waals surface area (Å²) in [7, 11) is -1.13. The summed E-state index contributed by atoms with van der Waals surface area (Å²) < 4.78 is 17.6. The molecule has 1 unspecified atom stereocenters. The largest absolute Gasteiger partial charge is 0.392 e. The minimum absolute atomic E-state index is 0.00785. The van der Waals surface area contributed by atoms with E-state index in [-0.39, 0.29) is 12.4 Å². The summed E-state index contributed by atoms with van der Waals surface area (Å²) in [5.41, 5.74) is 3.73. The van der Waals surface area contributed by atoms with Crippen LogP contribution in [0, 0.1) is 6.92 Å². The van der Waals surface area contributed by atoms with Crippen LogP contribution in [0.25, 0.3) is 11.5 Å². The molecule has 3 aromatic rings. The lowest BCUT2D eigenvalue weighted by molar-refractivity contribution is 0.282. The molecule has 0 aliphatic carbocycles. The van der Waals surface area contributed by atoms with Crippen molar-refractivity contribution >= 4 is 10.8 Å². The highest BCUT2D eigenvalue weighted by Crippen LogP contribution is 2.21. The molecule has 1 heterocycles. The third-order valence-electron chi connectivity index (χ3n) is 3.67. The topological polar surface area (TPSA) is 76.2 Å². The smallest absolute Gasteiger partial charge is 0.258 e. The molecule has 0 fully saturated rings. The van der Waals surface area contributed by atoms with Crippen LogP contribution in [0.15, 0.2) is 53.1 Å². The highest BCUT2D eigenvalue weighted by molar-refractivity contribution is 7.83. The number of aryl methyl sites for hydroxylation is 1. The molecule has 0 bridgehead atoms. The maximum atomic E-state index is 12.3. The average Bonchev–Trinajstić information content (AvgIpc) is 3.04. The van der Waals surface area contributed by atoms with Crippen molar-refractivity contribution in [3.05, 3.63) is 71.0 Å².